The second-order valence-corrected chi connectivity index (χ2v) is 3.57. The fraction of sp³-hybridized carbons (Fsp3) is 0.455. The Morgan fingerprint density at radius 2 is 2.20 bits per heavy atom. The van der Waals surface area contributed by atoms with E-state index >= 15 is 0 Å². The summed E-state index contributed by atoms with van der Waals surface area (Å²) in [5.41, 5.74) is 0.734. The lowest BCUT2D eigenvalue weighted by atomic mass is 10.3. The topological polar surface area (TPSA) is 21.3 Å². The van der Waals surface area contributed by atoms with Gasteiger partial charge in [-0.2, -0.15) is 0 Å². The van der Waals surface area contributed by atoms with Crippen LogP contribution in [0.1, 0.15) is 13.3 Å². The SMILES string of the molecule is CCCOCCNc1ccc(F)cc1Cl. The summed E-state index contributed by atoms with van der Waals surface area (Å²) in [7, 11) is 0. The second-order valence-electron chi connectivity index (χ2n) is 3.16. The number of halogens is 2. The van der Waals surface area contributed by atoms with Gasteiger partial charge in [-0.1, -0.05) is 18.5 Å². The average Bonchev–Trinajstić information content (AvgIpc) is 2.20. The number of nitrogens with one attached hydrogen (secondary N) is 1. The lowest BCUT2D eigenvalue weighted by Gasteiger charge is -2.08. The predicted molar refractivity (Wildman–Crippen MR) is 61.0 cm³/mol. The summed E-state index contributed by atoms with van der Waals surface area (Å²) < 4.78 is 18.0. The molecule has 4 heteroatoms. The molecule has 1 rings (SSSR count). The van der Waals surface area contributed by atoms with Crippen LogP contribution in [0.4, 0.5) is 10.1 Å². The maximum absolute atomic E-state index is 12.7. The highest BCUT2D eigenvalue weighted by Gasteiger charge is 2.00. The molecule has 0 saturated heterocycles. The third kappa shape index (κ3) is 4.49. The molecular weight excluding hydrogens is 217 g/mol. The van der Waals surface area contributed by atoms with E-state index in [1.807, 2.05) is 0 Å². The first-order valence-electron chi connectivity index (χ1n) is 5.00. The van der Waals surface area contributed by atoms with Gasteiger partial charge in [-0.3, -0.25) is 0 Å². The van der Waals surface area contributed by atoms with Crippen molar-refractivity contribution in [2.45, 2.75) is 13.3 Å². The van der Waals surface area contributed by atoms with E-state index in [0.717, 1.165) is 18.7 Å². The highest BCUT2D eigenvalue weighted by Crippen LogP contribution is 2.21. The van der Waals surface area contributed by atoms with E-state index in [4.69, 9.17) is 16.3 Å². The van der Waals surface area contributed by atoms with Crippen molar-refractivity contribution in [2.75, 3.05) is 25.1 Å². The van der Waals surface area contributed by atoms with Crippen LogP contribution >= 0.6 is 11.6 Å². The van der Waals surface area contributed by atoms with Crippen LogP contribution in [0.15, 0.2) is 18.2 Å². The zero-order valence-corrected chi connectivity index (χ0v) is 9.48. The number of hydrogen-bond donors (Lipinski definition) is 1. The Hall–Kier alpha value is -0.800. The molecule has 0 aliphatic heterocycles. The lowest BCUT2D eigenvalue weighted by molar-refractivity contribution is 0.144. The Balaban J connectivity index is 2.31. The molecule has 1 aromatic carbocycles. The summed E-state index contributed by atoms with van der Waals surface area (Å²) in [6.07, 6.45) is 1.01. The first-order valence-corrected chi connectivity index (χ1v) is 5.38. The van der Waals surface area contributed by atoms with Gasteiger partial charge < -0.3 is 10.1 Å². The van der Waals surface area contributed by atoms with Gasteiger partial charge in [0.25, 0.3) is 0 Å². The van der Waals surface area contributed by atoms with E-state index in [1.165, 1.54) is 12.1 Å². The lowest BCUT2D eigenvalue weighted by Crippen LogP contribution is -2.10. The van der Waals surface area contributed by atoms with E-state index in [-0.39, 0.29) is 5.82 Å². The number of benzene rings is 1. The summed E-state index contributed by atoms with van der Waals surface area (Å²) in [5.74, 6) is -0.326. The van der Waals surface area contributed by atoms with E-state index in [0.29, 0.717) is 18.2 Å². The zero-order chi connectivity index (χ0) is 11.1. The van der Waals surface area contributed by atoms with Gasteiger partial charge in [-0.05, 0) is 24.6 Å². The van der Waals surface area contributed by atoms with Crippen LogP contribution in [0.3, 0.4) is 0 Å². The molecule has 0 fully saturated rings. The minimum Gasteiger partial charge on any atom is -0.382 e. The van der Waals surface area contributed by atoms with Crippen LogP contribution in [0.25, 0.3) is 0 Å². The highest BCUT2D eigenvalue weighted by molar-refractivity contribution is 6.33. The molecule has 0 amide bonds. The molecule has 15 heavy (non-hydrogen) atoms. The molecule has 0 unspecified atom stereocenters. The average molecular weight is 232 g/mol. The third-order valence-corrected chi connectivity index (χ3v) is 2.15. The van der Waals surface area contributed by atoms with Crippen LogP contribution in [0.5, 0.6) is 0 Å². The van der Waals surface area contributed by atoms with E-state index in [1.54, 1.807) is 6.07 Å². The Labute approximate surface area is 94.4 Å². The molecule has 1 N–H and O–H groups in total. The first-order chi connectivity index (χ1) is 7.24. The standard InChI is InChI=1S/C11H15ClFNO/c1-2-6-15-7-5-14-11-4-3-9(13)8-10(11)12/h3-4,8,14H,2,5-7H2,1H3. The summed E-state index contributed by atoms with van der Waals surface area (Å²) in [6, 6.07) is 4.29. The van der Waals surface area contributed by atoms with Gasteiger partial charge in [0, 0.05) is 13.2 Å². The van der Waals surface area contributed by atoms with Crippen molar-refractivity contribution in [2.24, 2.45) is 0 Å². The highest BCUT2D eigenvalue weighted by atomic mass is 35.5. The molecule has 84 valence electrons. The smallest absolute Gasteiger partial charge is 0.124 e. The summed E-state index contributed by atoms with van der Waals surface area (Å²) >= 11 is 5.83. The Morgan fingerprint density at radius 3 is 2.87 bits per heavy atom. The fourth-order valence-corrected chi connectivity index (χ4v) is 1.37. The van der Waals surface area contributed by atoms with Crippen molar-refractivity contribution in [1.29, 1.82) is 0 Å². The van der Waals surface area contributed by atoms with Crippen molar-refractivity contribution >= 4 is 17.3 Å². The molecular formula is C11H15ClFNO. The maximum Gasteiger partial charge on any atom is 0.124 e. The molecule has 0 radical (unpaired) electrons. The number of rotatable bonds is 6. The normalized spacial score (nSPS) is 10.3. The molecule has 0 aliphatic rings. The molecule has 0 aliphatic carbocycles. The van der Waals surface area contributed by atoms with Gasteiger partial charge >= 0.3 is 0 Å². The van der Waals surface area contributed by atoms with E-state index < -0.39 is 0 Å². The Morgan fingerprint density at radius 1 is 1.40 bits per heavy atom. The van der Waals surface area contributed by atoms with E-state index in [2.05, 4.69) is 12.2 Å². The van der Waals surface area contributed by atoms with Gasteiger partial charge in [-0.15, -0.1) is 0 Å². The number of ether oxygens (including phenoxy) is 1. The van der Waals surface area contributed by atoms with Crippen molar-refractivity contribution in [3.63, 3.8) is 0 Å². The Bertz CT molecular complexity index is 307. The van der Waals surface area contributed by atoms with Crippen molar-refractivity contribution in [3.05, 3.63) is 29.0 Å². The quantitative estimate of drug-likeness (QED) is 0.759. The molecule has 0 heterocycles. The van der Waals surface area contributed by atoms with Crippen molar-refractivity contribution in [1.82, 2.24) is 0 Å². The van der Waals surface area contributed by atoms with E-state index in [9.17, 15) is 4.39 Å². The van der Waals surface area contributed by atoms with Crippen molar-refractivity contribution in [3.8, 4) is 0 Å². The molecule has 0 bridgehead atoms. The van der Waals surface area contributed by atoms with Crippen LogP contribution in [-0.4, -0.2) is 19.8 Å². The largest absolute Gasteiger partial charge is 0.382 e. The third-order valence-electron chi connectivity index (χ3n) is 1.84. The van der Waals surface area contributed by atoms with Crippen LogP contribution in [0, 0.1) is 5.82 Å². The van der Waals surface area contributed by atoms with Gasteiger partial charge in [-0.25, -0.2) is 4.39 Å². The molecule has 0 aromatic heterocycles. The molecule has 0 saturated carbocycles. The number of hydrogen-bond acceptors (Lipinski definition) is 2. The van der Waals surface area contributed by atoms with Crippen LogP contribution < -0.4 is 5.32 Å². The van der Waals surface area contributed by atoms with Gasteiger partial charge in [0.2, 0.25) is 0 Å². The zero-order valence-electron chi connectivity index (χ0n) is 8.72. The predicted octanol–water partition coefficient (Wildman–Crippen LogP) is 3.32. The van der Waals surface area contributed by atoms with Gasteiger partial charge in [0.05, 0.1) is 17.3 Å². The number of anilines is 1. The minimum absolute atomic E-state index is 0.326. The molecule has 2 nitrogen and oxygen atoms in total. The summed E-state index contributed by atoms with van der Waals surface area (Å²) in [5, 5.41) is 3.47. The monoisotopic (exact) mass is 231 g/mol. The minimum atomic E-state index is -0.326. The molecule has 1 aromatic rings. The maximum atomic E-state index is 12.7. The summed E-state index contributed by atoms with van der Waals surface area (Å²) in [6.45, 7) is 4.12. The second kappa shape index (κ2) is 6.64. The summed E-state index contributed by atoms with van der Waals surface area (Å²) in [4.78, 5) is 0. The molecule has 0 spiro atoms. The van der Waals surface area contributed by atoms with Crippen LogP contribution in [0.2, 0.25) is 5.02 Å². The van der Waals surface area contributed by atoms with Crippen LogP contribution in [-0.2, 0) is 4.74 Å². The van der Waals surface area contributed by atoms with Gasteiger partial charge in [0.1, 0.15) is 5.82 Å². The first kappa shape index (κ1) is 12.3. The Kier molecular flexibility index (Phi) is 5.43. The van der Waals surface area contributed by atoms with Crippen molar-refractivity contribution < 1.29 is 9.13 Å². The van der Waals surface area contributed by atoms with Gasteiger partial charge in [0.15, 0.2) is 0 Å². The fourth-order valence-electron chi connectivity index (χ4n) is 1.14. The molecule has 0 atom stereocenters.